The number of carbonyl (C=O) groups is 13. The number of carbonyl (C=O) groups excluding carboxylic acids is 13. The fraction of sp³-hybridized carbons (Fsp3) is 0.865. The number of hydrogen-bond acceptors (Lipinski definition) is 26. The topological polar surface area (TPSA) is 342 Å². The molecule has 6 heterocycles. The van der Waals surface area contributed by atoms with E-state index in [4.69, 9.17) is 61.6 Å². The van der Waals surface area contributed by atoms with E-state index in [0.717, 1.165) is 135 Å². The minimum Gasteiger partial charge on any atom is -0.465 e. The van der Waals surface area contributed by atoms with E-state index in [1.165, 1.54) is 0 Å². The van der Waals surface area contributed by atoms with Crippen LogP contribution in [-0.4, -0.2) is 159 Å². The molecule has 18 aliphatic rings. The predicted molar refractivity (Wildman–Crippen MR) is 438 cm³/mol. The molecule has 0 aromatic heterocycles. The molecule has 12 bridgehead atoms. The predicted octanol–water partition coefficient (Wildman–Crippen LogP) is 14.7. The van der Waals surface area contributed by atoms with Crippen molar-refractivity contribution in [1.29, 1.82) is 0 Å². The molecule has 26 nitrogen and oxygen atoms in total. The second kappa shape index (κ2) is 34.4. The highest BCUT2D eigenvalue weighted by Crippen LogP contribution is 2.66. The maximum absolute atomic E-state index is 12.4. The van der Waals surface area contributed by atoms with Crippen molar-refractivity contribution in [3.8, 4) is 0 Å². The van der Waals surface area contributed by atoms with Crippen LogP contribution in [0.2, 0.25) is 0 Å². The van der Waals surface area contributed by atoms with E-state index < -0.39 is 50.0 Å². The fourth-order valence-corrected chi connectivity index (χ4v) is 24.5. The van der Waals surface area contributed by atoms with Crippen molar-refractivity contribution in [3.05, 3.63) is 0 Å². The van der Waals surface area contributed by atoms with Gasteiger partial charge in [0, 0.05) is 52.3 Å². The highest BCUT2D eigenvalue weighted by Gasteiger charge is 2.69. The zero-order valence-electron chi connectivity index (χ0n) is 76.5. The van der Waals surface area contributed by atoms with Crippen molar-refractivity contribution in [2.45, 2.75) is 341 Å². The van der Waals surface area contributed by atoms with Gasteiger partial charge in [-0.25, -0.2) is 4.79 Å². The molecule has 682 valence electrons. The molecule has 27 unspecified atom stereocenters. The largest absolute Gasteiger partial charge is 0.465 e. The van der Waals surface area contributed by atoms with Crippen LogP contribution < -0.4 is 0 Å². The minimum atomic E-state index is -0.610. The van der Waals surface area contributed by atoms with Crippen molar-refractivity contribution in [1.82, 2.24) is 0 Å². The molecule has 12 saturated carbocycles. The summed E-state index contributed by atoms with van der Waals surface area (Å²) in [5, 5.41) is 0. The Balaban J connectivity index is 0.000000126. The fourth-order valence-electron chi connectivity index (χ4n) is 24.5. The van der Waals surface area contributed by atoms with Crippen LogP contribution in [0.5, 0.6) is 0 Å². The molecular formula is C96H142O26. The maximum Gasteiger partial charge on any atom is 0.344 e. The first-order chi connectivity index (χ1) is 57.0. The highest BCUT2D eigenvalue weighted by atomic mass is 16.6. The monoisotopic (exact) mass is 1710 g/mol. The zero-order valence-corrected chi connectivity index (χ0v) is 76.5. The van der Waals surface area contributed by atoms with Gasteiger partial charge in [0.1, 0.15) is 48.3 Å². The number of fused-ring (bicyclic) bond motifs is 12. The van der Waals surface area contributed by atoms with Crippen molar-refractivity contribution >= 4 is 77.6 Å². The van der Waals surface area contributed by atoms with E-state index in [1.54, 1.807) is 13.8 Å². The van der Waals surface area contributed by atoms with E-state index in [9.17, 15) is 62.3 Å². The van der Waals surface area contributed by atoms with Gasteiger partial charge in [0.05, 0.1) is 94.9 Å². The van der Waals surface area contributed by atoms with Crippen molar-refractivity contribution in [2.75, 3.05) is 33.0 Å². The van der Waals surface area contributed by atoms with Gasteiger partial charge < -0.3 is 61.6 Å². The number of rotatable bonds is 22. The number of cyclic esters (lactones) is 3. The molecule has 18 fully saturated rings. The van der Waals surface area contributed by atoms with Crippen LogP contribution in [0, 0.1) is 149 Å². The van der Waals surface area contributed by atoms with Gasteiger partial charge in [-0.15, -0.1) is 0 Å². The molecule has 26 heteroatoms. The van der Waals surface area contributed by atoms with Crippen LogP contribution in [0.4, 0.5) is 0 Å². The van der Waals surface area contributed by atoms with E-state index in [1.807, 2.05) is 125 Å². The average molecular weight is 1710 g/mol. The van der Waals surface area contributed by atoms with E-state index in [2.05, 4.69) is 0 Å². The average Bonchev–Trinajstić information content (AvgIpc) is 1.53. The zero-order chi connectivity index (χ0) is 89.1. The molecule has 0 radical (unpaired) electrons. The Hall–Kier alpha value is -6.89. The molecule has 18 rings (SSSR count). The summed E-state index contributed by atoms with van der Waals surface area (Å²) < 4.78 is 70.9. The molecule has 12 aliphatic carbocycles. The van der Waals surface area contributed by atoms with Gasteiger partial charge in [-0.05, 0) is 280 Å². The summed E-state index contributed by atoms with van der Waals surface area (Å²) in [5.74, 6) is 2.77. The van der Waals surface area contributed by atoms with Crippen molar-refractivity contribution in [3.63, 3.8) is 0 Å². The van der Waals surface area contributed by atoms with Crippen LogP contribution >= 0.6 is 0 Å². The van der Waals surface area contributed by atoms with Gasteiger partial charge in [0.25, 0.3) is 0 Å². The third-order valence-corrected chi connectivity index (χ3v) is 34.6. The second-order valence-electron chi connectivity index (χ2n) is 44.6. The van der Waals surface area contributed by atoms with Gasteiger partial charge in [-0.1, -0.05) is 41.5 Å². The Morgan fingerprint density at radius 3 is 1.41 bits per heavy atom. The summed E-state index contributed by atoms with van der Waals surface area (Å²) in [7, 11) is 0. The molecule has 0 N–H and O–H groups in total. The molecule has 6 aliphatic heterocycles. The lowest BCUT2D eigenvalue weighted by atomic mass is 9.71. The lowest BCUT2D eigenvalue weighted by Crippen LogP contribution is -2.46. The molecule has 27 atom stereocenters. The van der Waals surface area contributed by atoms with Crippen LogP contribution in [0.3, 0.4) is 0 Å². The lowest BCUT2D eigenvalue weighted by molar-refractivity contribution is -0.178. The molecule has 0 amide bonds. The normalized spacial score (nSPS) is 38.4. The standard InChI is InChI=1S/C17H26O4.C16H22O6.3C16H24O4.C15H22O4/c1-6-16(2,3)15(19)21-17(4,5)13-9-7-10-11(8-9)20-14(18)12(10)13;1-4-16(2,3)15(19)20-7-11(17)21-12-8-5-9-10(6-8)14(18)22-13(9)12;1-4-15(2,3)14(18)20-12-6-11-5-10(12)7-16(11)8-13(17)19-9-16;1-4-15(2,3)14(18)20-12-6-10-5-11(12)16(7-10)8-13(17)19-9-16;1-4-15(2,3)13(17)20-12-8-11-7-10(12)9-16(11)5-6-19-14(16)18;1-4-15(2,3)14(17)18-7-10-8-5-9-11(6-8)19-13(16)12(9)10/h9-13H,6-8H2,1-5H3;8-10,12-13H,4-7H2,1-3H3;3*10-12H,4-9H2,1-3H3;8-12H,4-7H2,1-3H3. The number of esters is 13. The SMILES string of the molecule is CCC(C)(C)C(=O)OC(C)(C)C1C2CC3OC(=O)C1C3C2.CCC(C)(C)C(=O)OC1CC2CC1C1(COC(=O)C1)C2.CCC(C)(C)C(=O)OC1CC2CC1CC21CCOC1=O.CCC(C)(C)C(=O)OC1CC2CC1CC21COC(=O)C1.CCC(C)(C)C(=O)OCC(=O)OC1C2CC3C(=O)OC1C3C2.CCC(C)(C)C(=O)OCC1C2CC3OC(=O)C1C3C2. The smallest absolute Gasteiger partial charge is 0.344 e. The summed E-state index contributed by atoms with van der Waals surface area (Å²) in [6, 6.07) is 0. The molecule has 0 aromatic carbocycles. The van der Waals surface area contributed by atoms with Crippen LogP contribution in [-0.2, 0) is 124 Å². The molecular weight excluding hydrogens is 1570 g/mol. The first-order valence-corrected chi connectivity index (χ1v) is 46.6. The first-order valence-electron chi connectivity index (χ1n) is 46.6. The van der Waals surface area contributed by atoms with Crippen molar-refractivity contribution < 1.29 is 124 Å². The highest BCUT2D eigenvalue weighted by molar-refractivity contribution is 5.83. The maximum atomic E-state index is 12.4. The third kappa shape index (κ3) is 17.6. The summed E-state index contributed by atoms with van der Waals surface area (Å²) in [5.41, 5.74) is -3.58. The second-order valence-corrected chi connectivity index (χ2v) is 44.6. The summed E-state index contributed by atoms with van der Waals surface area (Å²) in [6.45, 7) is 40.2. The van der Waals surface area contributed by atoms with Gasteiger partial charge >= 0.3 is 77.6 Å². The molecule has 0 aromatic rings. The van der Waals surface area contributed by atoms with Gasteiger partial charge in [0.15, 0.2) is 6.61 Å². The third-order valence-electron chi connectivity index (χ3n) is 34.6. The van der Waals surface area contributed by atoms with Crippen LogP contribution in [0.15, 0.2) is 0 Å². The quantitative estimate of drug-likeness (QED) is 0.0717. The Morgan fingerprint density at radius 1 is 0.418 bits per heavy atom. The first kappa shape index (κ1) is 92.8. The number of ether oxygens (including phenoxy) is 13. The van der Waals surface area contributed by atoms with E-state index >= 15 is 0 Å². The molecule has 6 saturated heterocycles. The van der Waals surface area contributed by atoms with Gasteiger partial charge in [-0.3, -0.25) is 57.5 Å². The summed E-state index contributed by atoms with van der Waals surface area (Å²) in [4.78, 5) is 155. The minimum absolute atomic E-state index is 0.00636. The Bertz CT molecular complexity index is 4030. The summed E-state index contributed by atoms with van der Waals surface area (Å²) in [6.07, 6.45) is 20.5. The lowest BCUT2D eigenvalue weighted by Gasteiger charge is -2.40. The van der Waals surface area contributed by atoms with E-state index in [0.29, 0.717) is 105 Å². The van der Waals surface area contributed by atoms with Crippen LogP contribution in [0.1, 0.15) is 293 Å². The Labute approximate surface area is 721 Å². The number of hydrogen-bond donors (Lipinski definition) is 0. The Morgan fingerprint density at radius 2 is 0.902 bits per heavy atom. The van der Waals surface area contributed by atoms with E-state index in [-0.39, 0.29) is 173 Å². The van der Waals surface area contributed by atoms with Crippen LogP contribution in [0.25, 0.3) is 0 Å². The molecule has 3 spiro atoms. The molecule has 122 heavy (non-hydrogen) atoms. The summed E-state index contributed by atoms with van der Waals surface area (Å²) >= 11 is 0. The van der Waals surface area contributed by atoms with Crippen molar-refractivity contribution in [2.24, 2.45) is 149 Å². The van der Waals surface area contributed by atoms with Gasteiger partial charge in [0.2, 0.25) is 0 Å². The van der Waals surface area contributed by atoms with Gasteiger partial charge in [-0.2, -0.15) is 0 Å². The Kier molecular flexibility index (Phi) is 26.1.